The fraction of sp³-hybridized carbons (Fsp3) is 0.0455. The number of pyridine rings is 1. The van der Waals surface area contributed by atoms with Gasteiger partial charge in [-0.15, -0.1) is 0 Å². The molecule has 46 heavy (non-hydrogen) atoms. The van der Waals surface area contributed by atoms with E-state index in [0.717, 1.165) is 28.1 Å². The van der Waals surface area contributed by atoms with Crippen molar-refractivity contribution in [3.05, 3.63) is 157 Å². The maximum Gasteiger partial charge on any atom is 0.0728 e. The molecule has 0 aliphatic carbocycles. The molecule has 0 saturated heterocycles. The van der Waals surface area contributed by atoms with Crippen molar-refractivity contribution in [2.45, 2.75) is 11.8 Å². The second kappa shape index (κ2) is 11.6. The summed E-state index contributed by atoms with van der Waals surface area (Å²) in [7, 11) is -0.0352. The second-order valence-electron chi connectivity index (χ2n) is 12.0. The van der Waals surface area contributed by atoms with E-state index < -0.39 is 0 Å². The minimum atomic E-state index is -0.0352. The molecule has 7 aromatic carbocycles. The molecular formula is C44H33NS. The lowest BCUT2D eigenvalue weighted by Gasteiger charge is -2.19. The van der Waals surface area contributed by atoms with Gasteiger partial charge in [0.15, 0.2) is 0 Å². The first-order chi connectivity index (χ1) is 22.5. The van der Waals surface area contributed by atoms with Gasteiger partial charge in [0.05, 0.1) is 11.4 Å². The minimum absolute atomic E-state index is 0.0352. The molecule has 220 valence electrons. The lowest BCUT2D eigenvalue weighted by Crippen LogP contribution is -1.95. The summed E-state index contributed by atoms with van der Waals surface area (Å²) in [6, 6.07) is 55.1. The van der Waals surface area contributed by atoms with Crippen LogP contribution in [0.1, 0.15) is 5.56 Å². The molecule has 1 nitrogen and oxygen atoms in total. The van der Waals surface area contributed by atoms with Gasteiger partial charge in [-0.2, -0.15) is 10.5 Å². The van der Waals surface area contributed by atoms with Crippen molar-refractivity contribution >= 4 is 48.7 Å². The summed E-state index contributed by atoms with van der Waals surface area (Å²) in [5.41, 5.74) is 10.3. The van der Waals surface area contributed by atoms with Crippen LogP contribution in [0.25, 0.3) is 77.1 Å². The van der Waals surface area contributed by atoms with Crippen molar-refractivity contribution in [3.63, 3.8) is 0 Å². The number of aromatic nitrogens is 1. The molecule has 8 rings (SSSR count). The number of rotatable bonds is 5. The van der Waals surface area contributed by atoms with Crippen LogP contribution in [0.4, 0.5) is 0 Å². The molecule has 1 heterocycles. The van der Waals surface area contributed by atoms with Gasteiger partial charge in [-0.05, 0) is 92.0 Å². The van der Waals surface area contributed by atoms with E-state index in [1.165, 1.54) is 59.5 Å². The zero-order chi connectivity index (χ0) is 31.2. The van der Waals surface area contributed by atoms with E-state index in [1.807, 2.05) is 0 Å². The molecule has 0 N–H and O–H groups in total. The van der Waals surface area contributed by atoms with E-state index in [-0.39, 0.29) is 10.5 Å². The number of benzene rings is 7. The summed E-state index contributed by atoms with van der Waals surface area (Å²) in [6.07, 6.45) is 2.16. The van der Waals surface area contributed by atoms with Gasteiger partial charge in [-0.1, -0.05) is 139 Å². The first kappa shape index (κ1) is 28.2. The summed E-state index contributed by atoms with van der Waals surface area (Å²) in [5.74, 6) is 4.25. The number of hydrogen-bond donors (Lipinski definition) is 0. The Morgan fingerprint density at radius 1 is 0.478 bits per heavy atom. The van der Waals surface area contributed by atoms with Gasteiger partial charge in [-0.25, -0.2) is 4.98 Å². The zero-order valence-corrected chi connectivity index (χ0v) is 26.8. The van der Waals surface area contributed by atoms with Crippen LogP contribution in [0.3, 0.4) is 0 Å². The Labute approximate surface area is 272 Å². The van der Waals surface area contributed by atoms with Crippen molar-refractivity contribution < 1.29 is 0 Å². The zero-order valence-electron chi connectivity index (χ0n) is 26.0. The summed E-state index contributed by atoms with van der Waals surface area (Å²) < 4.78 is 0. The van der Waals surface area contributed by atoms with Crippen molar-refractivity contribution in [2.24, 2.45) is 0 Å². The fourth-order valence-electron chi connectivity index (χ4n) is 6.72. The molecule has 0 unspecified atom stereocenters. The quantitative estimate of drug-likeness (QED) is 0.140. The molecule has 0 spiro atoms. The molecule has 0 bridgehead atoms. The second-order valence-corrected chi connectivity index (χ2v) is 13.8. The van der Waals surface area contributed by atoms with Gasteiger partial charge < -0.3 is 0 Å². The van der Waals surface area contributed by atoms with Crippen LogP contribution < -0.4 is 0 Å². The summed E-state index contributed by atoms with van der Waals surface area (Å²) in [4.78, 5) is 6.68. The normalized spacial score (nSPS) is 12.1. The highest BCUT2D eigenvalue weighted by molar-refractivity contribution is 8.13. The fourth-order valence-corrected chi connectivity index (χ4v) is 7.32. The van der Waals surface area contributed by atoms with Crippen LogP contribution in [0, 0.1) is 6.92 Å². The number of fused-ring (bicyclic) bond motifs is 3. The molecule has 0 radical (unpaired) electrons. The van der Waals surface area contributed by atoms with Crippen molar-refractivity contribution in [1.29, 1.82) is 0 Å². The Hall–Kier alpha value is -5.31. The van der Waals surface area contributed by atoms with Crippen LogP contribution in [0.2, 0.25) is 0 Å². The van der Waals surface area contributed by atoms with E-state index in [0.29, 0.717) is 0 Å². The largest absolute Gasteiger partial charge is 0.248 e. The van der Waals surface area contributed by atoms with Gasteiger partial charge >= 0.3 is 0 Å². The Morgan fingerprint density at radius 3 is 1.63 bits per heavy atom. The molecule has 1 aromatic heterocycles. The van der Waals surface area contributed by atoms with Crippen molar-refractivity contribution in [1.82, 2.24) is 4.98 Å². The Balaban J connectivity index is 1.45. The molecule has 2 heteroatoms. The summed E-state index contributed by atoms with van der Waals surface area (Å²) in [5, 5.41) is 7.36. The molecule has 8 aromatic rings. The smallest absolute Gasteiger partial charge is 0.0728 e. The third-order valence-corrected chi connectivity index (χ3v) is 10.1. The molecule has 1 atom stereocenters. The van der Waals surface area contributed by atoms with Crippen LogP contribution >= 0.6 is 10.5 Å². The maximum absolute atomic E-state index is 5.42. The molecule has 0 fully saturated rings. The third-order valence-electron chi connectivity index (χ3n) is 9.01. The number of nitrogens with zero attached hydrogens (tertiary/aromatic N) is 1. The van der Waals surface area contributed by atoms with E-state index in [4.69, 9.17) is 4.98 Å². The molecular weight excluding hydrogens is 575 g/mol. The summed E-state index contributed by atoms with van der Waals surface area (Å²) >= 11 is 0. The standard InChI is InChI=1S/C44H33NS/c1-29-19-21-32(22-20-29)41-27-33(30-23-25-34(26-24-30)46(2)3)28-42(45-41)44-39-16-8-6-14-37(39)43(38-15-7-9-17-40(38)44)36-18-10-12-31-11-4-5-13-35(31)36/h4-28H,2H2,1,3H3/t46-/m0/s1. The molecule has 0 amide bonds. The third kappa shape index (κ3) is 4.92. The van der Waals surface area contributed by atoms with Crippen LogP contribution in [0.15, 0.2) is 157 Å². The SMILES string of the molecule is C=[S@@](C)c1ccc(-c2cc(-c3ccc(C)cc3)nc(-c3c4ccccc4c(-c4cccc5ccccc45)c4ccccc34)c2)cc1. The lowest BCUT2D eigenvalue weighted by atomic mass is 9.85. The van der Waals surface area contributed by atoms with Crippen LogP contribution in [-0.2, 0) is 0 Å². The first-order valence-electron chi connectivity index (χ1n) is 15.6. The summed E-state index contributed by atoms with van der Waals surface area (Å²) in [6.45, 7) is 2.13. The molecule has 0 saturated carbocycles. The number of hydrogen-bond acceptors (Lipinski definition) is 1. The van der Waals surface area contributed by atoms with Crippen molar-refractivity contribution in [2.75, 3.05) is 6.26 Å². The highest BCUT2D eigenvalue weighted by Crippen LogP contribution is 2.45. The Morgan fingerprint density at radius 2 is 1.00 bits per heavy atom. The van der Waals surface area contributed by atoms with Gasteiger partial charge in [-0.3, -0.25) is 0 Å². The number of aryl methyl sites for hydroxylation is 1. The highest BCUT2D eigenvalue weighted by atomic mass is 32.2. The molecule has 0 aliphatic rings. The van der Waals surface area contributed by atoms with Gasteiger partial charge in [0, 0.05) is 16.0 Å². The predicted octanol–water partition coefficient (Wildman–Crippen LogP) is 12.2. The van der Waals surface area contributed by atoms with Crippen molar-refractivity contribution in [3.8, 4) is 44.8 Å². The average molecular weight is 608 g/mol. The first-order valence-corrected chi connectivity index (χ1v) is 17.4. The Kier molecular flexibility index (Phi) is 7.08. The van der Waals surface area contributed by atoms with Gasteiger partial charge in [0.1, 0.15) is 0 Å². The highest BCUT2D eigenvalue weighted by Gasteiger charge is 2.19. The average Bonchev–Trinajstić information content (AvgIpc) is 3.10. The van der Waals surface area contributed by atoms with E-state index in [1.54, 1.807) is 0 Å². The minimum Gasteiger partial charge on any atom is -0.248 e. The van der Waals surface area contributed by atoms with Gasteiger partial charge in [0.2, 0.25) is 0 Å². The van der Waals surface area contributed by atoms with Crippen LogP contribution in [0.5, 0.6) is 0 Å². The van der Waals surface area contributed by atoms with E-state index >= 15 is 0 Å². The topological polar surface area (TPSA) is 12.9 Å². The maximum atomic E-state index is 5.42. The molecule has 0 aliphatic heterocycles. The van der Waals surface area contributed by atoms with E-state index in [2.05, 4.69) is 171 Å². The van der Waals surface area contributed by atoms with E-state index in [9.17, 15) is 0 Å². The van der Waals surface area contributed by atoms with Crippen LogP contribution in [-0.4, -0.2) is 17.1 Å². The Bertz CT molecular complexity index is 2370. The van der Waals surface area contributed by atoms with Gasteiger partial charge in [0.25, 0.3) is 0 Å². The monoisotopic (exact) mass is 607 g/mol. The predicted molar refractivity (Wildman–Crippen MR) is 202 cm³/mol. The lowest BCUT2D eigenvalue weighted by molar-refractivity contribution is 1.32.